The first-order valence-electron chi connectivity index (χ1n) is 8.03. The van der Waals surface area contributed by atoms with E-state index in [0.717, 1.165) is 13.1 Å². The second-order valence-electron chi connectivity index (χ2n) is 5.11. The number of rotatable bonds is 12. The Morgan fingerprint density at radius 1 is 0.750 bits per heavy atom. The standard InChI is InChI=1S/C15H29N5/c1-3-5-7-9-11-16-14-18-13-19-15(20-14)17-12-10-8-6-4-2/h13H,3-12H2,1-2H3,(H2,16,17,18,19,20). The highest BCUT2D eigenvalue weighted by molar-refractivity contribution is 5.32. The maximum absolute atomic E-state index is 4.36. The van der Waals surface area contributed by atoms with Crippen LogP contribution in [0.3, 0.4) is 0 Å². The van der Waals surface area contributed by atoms with Crippen LogP contribution in [0.5, 0.6) is 0 Å². The molecule has 0 bridgehead atoms. The molecule has 0 amide bonds. The second-order valence-corrected chi connectivity index (χ2v) is 5.11. The summed E-state index contributed by atoms with van der Waals surface area (Å²) < 4.78 is 0. The predicted molar refractivity (Wildman–Crippen MR) is 85.1 cm³/mol. The van der Waals surface area contributed by atoms with Crippen LogP contribution in [-0.4, -0.2) is 28.0 Å². The van der Waals surface area contributed by atoms with E-state index in [1.807, 2.05) is 0 Å². The van der Waals surface area contributed by atoms with Gasteiger partial charge in [0.1, 0.15) is 6.33 Å². The van der Waals surface area contributed by atoms with Crippen LogP contribution in [0.25, 0.3) is 0 Å². The molecule has 20 heavy (non-hydrogen) atoms. The number of hydrogen-bond acceptors (Lipinski definition) is 5. The molecule has 5 heteroatoms. The lowest BCUT2D eigenvalue weighted by Crippen LogP contribution is -2.10. The number of nitrogens with zero attached hydrogens (tertiary/aromatic N) is 3. The van der Waals surface area contributed by atoms with E-state index >= 15 is 0 Å². The lowest BCUT2D eigenvalue weighted by atomic mass is 10.2. The highest BCUT2D eigenvalue weighted by Crippen LogP contribution is 2.05. The van der Waals surface area contributed by atoms with Crippen molar-refractivity contribution in [3.05, 3.63) is 6.33 Å². The van der Waals surface area contributed by atoms with Crippen molar-refractivity contribution < 1.29 is 0 Å². The van der Waals surface area contributed by atoms with E-state index in [1.165, 1.54) is 51.4 Å². The van der Waals surface area contributed by atoms with E-state index in [0.29, 0.717) is 11.9 Å². The van der Waals surface area contributed by atoms with E-state index in [-0.39, 0.29) is 0 Å². The van der Waals surface area contributed by atoms with Crippen molar-refractivity contribution in [1.29, 1.82) is 0 Å². The van der Waals surface area contributed by atoms with Crippen LogP contribution >= 0.6 is 0 Å². The van der Waals surface area contributed by atoms with Crippen molar-refractivity contribution in [2.45, 2.75) is 65.2 Å². The van der Waals surface area contributed by atoms with E-state index < -0.39 is 0 Å². The van der Waals surface area contributed by atoms with Crippen LogP contribution < -0.4 is 10.6 Å². The smallest absolute Gasteiger partial charge is 0.227 e. The summed E-state index contributed by atoms with van der Waals surface area (Å²) in [4.78, 5) is 12.6. The van der Waals surface area contributed by atoms with Crippen molar-refractivity contribution in [1.82, 2.24) is 15.0 Å². The predicted octanol–water partition coefficient (Wildman–Crippen LogP) is 3.86. The van der Waals surface area contributed by atoms with Gasteiger partial charge in [0.05, 0.1) is 0 Å². The number of anilines is 2. The minimum atomic E-state index is 0.674. The molecule has 0 aliphatic heterocycles. The summed E-state index contributed by atoms with van der Waals surface area (Å²) in [7, 11) is 0. The molecule has 0 saturated heterocycles. The van der Waals surface area contributed by atoms with Gasteiger partial charge >= 0.3 is 0 Å². The number of nitrogens with one attached hydrogen (secondary N) is 2. The molecule has 1 heterocycles. The summed E-state index contributed by atoms with van der Waals surface area (Å²) >= 11 is 0. The van der Waals surface area contributed by atoms with Gasteiger partial charge in [-0.3, -0.25) is 0 Å². The van der Waals surface area contributed by atoms with Gasteiger partial charge in [0.25, 0.3) is 0 Å². The van der Waals surface area contributed by atoms with E-state index in [1.54, 1.807) is 6.33 Å². The molecule has 0 saturated carbocycles. The summed E-state index contributed by atoms with van der Waals surface area (Å²) in [6.45, 7) is 6.30. The third kappa shape index (κ3) is 7.92. The van der Waals surface area contributed by atoms with Gasteiger partial charge < -0.3 is 10.6 Å². The van der Waals surface area contributed by atoms with Crippen LogP contribution in [0.15, 0.2) is 6.33 Å². The SMILES string of the molecule is CCCCCCNc1ncnc(NCCCCCC)n1. The number of unbranched alkanes of at least 4 members (excludes halogenated alkanes) is 6. The molecule has 114 valence electrons. The zero-order chi connectivity index (χ0) is 14.5. The first-order valence-corrected chi connectivity index (χ1v) is 8.03. The molecule has 0 radical (unpaired) electrons. The minimum absolute atomic E-state index is 0.674. The van der Waals surface area contributed by atoms with Gasteiger partial charge in [0.2, 0.25) is 11.9 Å². The summed E-state index contributed by atoms with van der Waals surface area (Å²) in [5, 5.41) is 6.50. The molecular weight excluding hydrogens is 250 g/mol. The molecule has 0 aromatic carbocycles. The Kier molecular flexibility index (Phi) is 9.53. The molecule has 0 fully saturated rings. The minimum Gasteiger partial charge on any atom is -0.354 e. The van der Waals surface area contributed by atoms with Gasteiger partial charge in [-0.1, -0.05) is 52.4 Å². The molecule has 2 N–H and O–H groups in total. The van der Waals surface area contributed by atoms with Crippen molar-refractivity contribution in [2.24, 2.45) is 0 Å². The quantitative estimate of drug-likeness (QED) is 0.569. The van der Waals surface area contributed by atoms with E-state index in [9.17, 15) is 0 Å². The maximum atomic E-state index is 4.36. The summed E-state index contributed by atoms with van der Waals surface area (Å²) in [6.07, 6.45) is 11.5. The van der Waals surface area contributed by atoms with Crippen molar-refractivity contribution in [3.8, 4) is 0 Å². The number of hydrogen-bond donors (Lipinski definition) is 2. The topological polar surface area (TPSA) is 62.7 Å². The van der Waals surface area contributed by atoms with Gasteiger partial charge in [-0.25, -0.2) is 9.97 Å². The lowest BCUT2D eigenvalue weighted by molar-refractivity contribution is 0.681. The van der Waals surface area contributed by atoms with Crippen LogP contribution in [0, 0.1) is 0 Å². The Morgan fingerprint density at radius 2 is 1.25 bits per heavy atom. The Hall–Kier alpha value is -1.39. The highest BCUT2D eigenvalue weighted by atomic mass is 15.2. The molecule has 0 unspecified atom stereocenters. The monoisotopic (exact) mass is 279 g/mol. The first-order chi connectivity index (χ1) is 9.86. The summed E-state index contributed by atoms with van der Waals surface area (Å²) in [5.41, 5.74) is 0. The van der Waals surface area contributed by atoms with Crippen LogP contribution in [0.1, 0.15) is 65.2 Å². The van der Waals surface area contributed by atoms with Crippen LogP contribution in [-0.2, 0) is 0 Å². The van der Waals surface area contributed by atoms with Gasteiger partial charge in [-0.05, 0) is 12.8 Å². The fourth-order valence-corrected chi connectivity index (χ4v) is 1.97. The number of aromatic nitrogens is 3. The molecule has 1 aromatic rings. The average Bonchev–Trinajstić information content (AvgIpc) is 2.47. The van der Waals surface area contributed by atoms with Crippen LogP contribution in [0.2, 0.25) is 0 Å². The molecular formula is C15H29N5. The van der Waals surface area contributed by atoms with E-state index in [2.05, 4.69) is 39.4 Å². The fraction of sp³-hybridized carbons (Fsp3) is 0.800. The Bertz CT molecular complexity index is 314. The van der Waals surface area contributed by atoms with Crippen molar-refractivity contribution in [2.75, 3.05) is 23.7 Å². The molecule has 5 nitrogen and oxygen atoms in total. The molecule has 1 aromatic heterocycles. The Labute approximate surface area is 123 Å². The van der Waals surface area contributed by atoms with Crippen molar-refractivity contribution >= 4 is 11.9 Å². The third-order valence-electron chi connectivity index (χ3n) is 3.20. The van der Waals surface area contributed by atoms with Gasteiger partial charge in [0.15, 0.2) is 0 Å². The maximum Gasteiger partial charge on any atom is 0.227 e. The Balaban J connectivity index is 2.19. The first kappa shape index (κ1) is 16.7. The zero-order valence-corrected chi connectivity index (χ0v) is 13.0. The largest absolute Gasteiger partial charge is 0.354 e. The fourth-order valence-electron chi connectivity index (χ4n) is 1.97. The second kappa shape index (κ2) is 11.4. The molecule has 0 aliphatic carbocycles. The molecule has 1 rings (SSSR count). The van der Waals surface area contributed by atoms with Gasteiger partial charge in [-0.15, -0.1) is 0 Å². The normalized spacial score (nSPS) is 10.5. The zero-order valence-electron chi connectivity index (χ0n) is 13.0. The van der Waals surface area contributed by atoms with Gasteiger partial charge in [0, 0.05) is 13.1 Å². The van der Waals surface area contributed by atoms with Crippen molar-refractivity contribution in [3.63, 3.8) is 0 Å². The summed E-state index contributed by atoms with van der Waals surface area (Å²) in [6, 6.07) is 0. The lowest BCUT2D eigenvalue weighted by Gasteiger charge is -2.07. The van der Waals surface area contributed by atoms with E-state index in [4.69, 9.17) is 0 Å². The van der Waals surface area contributed by atoms with Crippen LogP contribution in [0.4, 0.5) is 11.9 Å². The Morgan fingerprint density at radius 3 is 1.70 bits per heavy atom. The molecule has 0 atom stereocenters. The summed E-state index contributed by atoms with van der Waals surface area (Å²) in [5.74, 6) is 1.35. The van der Waals surface area contributed by atoms with Gasteiger partial charge in [-0.2, -0.15) is 4.98 Å². The molecule has 0 spiro atoms. The highest BCUT2D eigenvalue weighted by Gasteiger charge is 1.99. The average molecular weight is 279 g/mol. The third-order valence-corrected chi connectivity index (χ3v) is 3.20. The molecule has 0 aliphatic rings.